The number of halogens is 4. The second kappa shape index (κ2) is 9.12. The highest BCUT2D eigenvalue weighted by molar-refractivity contribution is 5.93. The first-order chi connectivity index (χ1) is 14.8. The lowest BCUT2D eigenvalue weighted by molar-refractivity contribution is -0.149. The minimum Gasteiger partial charge on any atom is -0.368 e. The molecule has 4 atom stereocenters. The van der Waals surface area contributed by atoms with Crippen LogP contribution in [0.4, 0.5) is 17.6 Å². The number of fused-ring (bicyclic) bond motifs is 1. The number of amides is 3. The van der Waals surface area contributed by atoms with Gasteiger partial charge in [0.15, 0.2) is 0 Å². The van der Waals surface area contributed by atoms with Crippen molar-refractivity contribution in [3.63, 3.8) is 0 Å². The van der Waals surface area contributed by atoms with E-state index in [0.717, 1.165) is 4.90 Å². The molecule has 2 heterocycles. The summed E-state index contributed by atoms with van der Waals surface area (Å²) in [6.45, 7) is 0.801. The molecule has 8 nitrogen and oxygen atoms in total. The van der Waals surface area contributed by atoms with E-state index in [1.54, 1.807) is 14.0 Å². The lowest BCUT2D eigenvalue weighted by Gasteiger charge is -2.44. The number of nitrogens with zero attached hydrogens (tertiary/aromatic N) is 2. The molecule has 3 amide bonds. The van der Waals surface area contributed by atoms with Crippen molar-refractivity contribution in [2.24, 2.45) is 11.7 Å². The summed E-state index contributed by atoms with van der Waals surface area (Å²) in [6.07, 6.45) is -1.26. The summed E-state index contributed by atoms with van der Waals surface area (Å²) in [5.74, 6) is -8.30. The molecule has 3 rings (SSSR count). The Morgan fingerprint density at radius 1 is 1.06 bits per heavy atom. The van der Waals surface area contributed by atoms with Crippen molar-refractivity contribution in [2.45, 2.75) is 75.0 Å². The van der Waals surface area contributed by atoms with Gasteiger partial charge in [-0.1, -0.05) is 0 Å². The van der Waals surface area contributed by atoms with Gasteiger partial charge in [-0.15, -0.1) is 0 Å². The van der Waals surface area contributed by atoms with Crippen LogP contribution in [0.2, 0.25) is 0 Å². The number of hydrogen-bond acceptors (Lipinski definition) is 5. The number of primary amides is 1. The Bertz CT molecular complexity index is 743. The smallest absolute Gasteiger partial charge is 0.262 e. The normalized spacial score (nSPS) is 29.8. The van der Waals surface area contributed by atoms with E-state index in [1.807, 2.05) is 0 Å². The highest BCUT2D eigenvalue weighted by atomic mass is 19.3. The zero-order chi connectivity index (χ0) is 23.8. The number of hydrogen-bond donors (Lipinski definition) is 3. The zero-order valence-corrected chi connectivity index (χ0v) is 18.3. The summed E-state index contributed by atoms with van der Waals surface area (Å²) in [7, 11) is 1.56. The van der Waals surface area contributed by atoms with Crippen molar-refractivity contribution in [3.05, 3.63) is 0 Å². The minimum absolute atomic E-state index is 0.0142. The van der Waals surface area contributed by atoms with Crippen LogP contribution in [0.15, 0.2) is 0 Å². The summed E-state index contributed by atoms with van der Waals surface area (Å²) < 4.78 is 55.3. The first-order valence-corrected chi connectivity index (χ1v) is 10.9. The Hall–Kier alpha value is -1.95. The van der Waals surface area contributed by atoms with Gasteiger partial charge >= 0.3 is 0 Å². The molecule has 2 saturated heterocycles. The molecule has 0 aromatic rings. The molecule has 182 valence electrons. The van der Waals surface area contributed by atoms with Gasteiger partial charge < -0.3 is 21.3 Å². The van der Waals surface area contributed by atoms with Gasteiger partial charge in [-0.05, 0) is 32.7 Å². The molecule has 0 aromatic carbocycles. The molecular formula is C20H31F4N5O3. The molecule has 4 N–H and O–H groups in total. The molecule has 3 aliphatic rings. The summed E-state index contributed by atoms with van der Waals surface area (Å²) in [5, 5.41) is 5.40. The van der Waals surface area contributed by atoms with Crippen molar-refractivity contribution in [1.29, 1.82) is 0 Å². The second-order valence-electron chi connectivity index (χ2n) is 9.24. The van der Waals surface area contributed by atoms with Crippen molar-refractivity contribution >= 4 is 17.7 Å². The summed E-state index contributed by atoms with van der Waals surface area (Å²) in [4.78, 5) is 40.8. The van der Waals surface area contributed by atoms with Gasteiger partial charge in [0.25, 0.3) is 5.92 Å². The number of alkyl halides is 4. The van der Waals surface area contributed by atoms with Gasteiger partial charge in [-0.25, -0.2) is 17.6 Å². The summed E-state index contributed by atoms with van der Waals surface area (Å²) in [5.41, 5.74) is 5.49. The Balaban J connectivity index is 1.84. The predicted molar refractivity (Wildman–Crippen MR) is 107 cm³/mol. The Morgan fingerprint density at radius 2 is 1.69 bits per heavy atom. The number of carbonyl (C=O) groups excluding carboxylic acids is 3. The second-order valence-corrected chi connectivity index (χ2v) is 9.24. The minimum atomic E-state index is -2.93. The average molecular weight is 465 g/mol. The van der Waals surface area contributed by atoms with Crippen molar-refractivity contribution in [1.82, 2.24) is 20.4 Å². The Kier molecular flexibility index (Phi) is 7.04. The van der Waals surface area contributed by atoms with E-state index in [2.05, 4.69) is 10.6 Å². The number of nitrogens with one attached hydrogen (secondary N) is 2. The monoisotopic (exact) mass is 465 g/mol. The average Bonchev–Trinajstić information content (AvgIpc) is 3.02. The van der Waals surface area contributed by atoms with Crippen LogP contribution in [0.1, 0.15) is 39.0 Å². The van der Waals surface area contributed by atoms with Crippen LogP contribution in [0.5, 0.6) is 0 Å². The summed E-state index contributed by atoms with van der Waals surface area (Å²) in [6, 6.07) is -3.58. The molecular weight excluding hydrogens is 434 g/mol. The molecule has 4 unspecified atom stereocenters. The largest absolute Gasteiger partial charge is 0.368 e. The molecule has 0 bridgehead atoms. The van der Waals surface area contributed by atoms with Crippen molar-refractivity contribution < 1.29 is 31.9 Å². The Labute approximate surface area is 184 Å². The fraction of sp³-hybridized carbons (Fsp3) is 0.850. The van der Waals surface area contributed by atoms with E-state index >= 15 is 0 Å². The van der Waals surface area contributed by atoms with Crippen LogP contribution in [-0.2, 0) is 14.4 Å². The van der Waals surface area contributed by atoms with Gasteiger partial charge in [-0.3, -0.25) is 19.3 Å². The molecule has 12 heteroatoms. The maximum atomic E-state index is 13.9. The molecule has 32 heavy (non-hydrogen) atoms. The van der Waals surface area contributed by atoms with Gasteiger partial charge in [-0.2, -0.15) is 0 Å². The first kappa shape index (κ1) is 24.7. The van der Waals surface area contributed by atoms with Crippen LogP contribution >= 0.6 is 0 Å². The number of nitrogens with two attached hydrogens (primary N) is 1. The lowest BCUT2D eigenvalue weighted by atomic mass is 9.81. The van der Waals surface area contributed by atoms with Crippen molar-refractivity contribution in [2.75, 3.05) is 26.7 Å². The van der Waals surface area contributed by atoms with Gasteiger partial charge in [0.1, 0.15) is 12.1 Å². The van der Waals surface area contributed by atoms with Gasteiger partial charge in [0, 0.05) is 38.4 Å². The van der Waals surface area contributed by atoms with E-state index < -0.39 is 85.5 Å². The van der Waals surface area contributed by atoms with Crippen LogP contribution in [-0.4, -0.2) is 90.2 Å². The van der Waals surface area contributed by atoms with Crippen LogP contribution in [0.25, 0.3) is 0 Å². The van der Waals surface area contributed by atoms with E-state index in [9.17, 15) is 31.9 Å². The van der Waals surface area contributed by atoms with Crippen LogP contribution in [0.3, 0.4) is 0 Å². The quantitative estimate of drug-likeness (QED) is 0.490. The maximum Gasteiger partial charge on any atom is 0.262 e. The third-order valence-electron chi connectivity index (χ3n) is 6.91. The molecule has 0 spiro atoms. The Morgan fingerprint density at radius 3 is 2.25 bits per heavy atom. The fourth-order valence-electron chi connectivity index (χ4n) is 4.89. The molecule has 1 aliphatic carbocycles. The van der Waals surface area contributed by atoms with E-state index in [4.69, 9.17) is 5.73 Å². The number of likely N-dealkylation sites (N-methyl/N-ethyl adjacent to an activating group) is 1. The summed E-state index contributed by atoms with van der Waals surface area (Å²) >= 11 is 0. The fourth-order valence-corrected chi connectivity index (χ4v) is 4.89. The molecule has 2 aliphatic heterocycles. The third kappa shape index (κ3) is 5.33. The van der Waals surface area contributed by atoms with E-state index in [-0.39, 0.29) is 25.9 Å². The molecule has 0 radical (unpaired) electrons. The van der Waals surface area contributed by atoms with Crippen LogP contribution < -0.4 is 16.4 Å². The highest BCUT2D eigenvalue weighted by Gasteiger charge is 2.52. The van der Waals surface area contributed by atoms with E-state index in [0.29, 0.717) is 0 Å². The topological polar surface area (TPSA) is 108 Å². The maximum absolute atomic E-state index is 13.9. The number of rotatable bonds is 6. The van der Waals surface area contributed by atoms with Crippen molar-refractivity contribution in [3.8, 4) is 0 Å². The lowest BCUT2D eigenvalue weighted by Crippen LogP contribution is -2.66. The highest BCUT2D eigenvalue weighted by Crippen LogP contribution is 2.39. The standard InChI is InChI=1S/C20H31F4N5O3/c1-11(26-2)17(31)27-15(12-3-5-19(21,22)6-4-12)18(32)29-8-13-7-20(23,24)10-28(13)9-14(29)16(25)30/h11-15,26H,3-10H2,1-2H3,(H2,25,30)(H,27,31). The first-order valence-electron chi connectivity index (χ1n) is 10.9. The number of piperazine rings is 1. The molecule has 1 saturated carbocycles. The zero-order valence-electron chi connectivity index (χ0n) is 18.3. The molecule has 3 fully saturated rings. The molecule has 0 aromatic heterocycles. The third-order valence-corrected chi connectivity index (χ3v) is 6.91. The SMILES string of the molecule is CNC(C)C(=O)NC(C(=O)N1CC2CC(F)(F)CN2CC1C(N)=O)C1CCC(F)(F)CC1. The predicted octanol–water partition coefficient (Wildman–Crippen LogP) is 0.310. The van der Waals surface area contributed by atoms with Gasteiger partial charge in [0.2, 0.25) is 23.6 Å². The van der Waals surface area contributed by atoms with Crippen LogP contribution in [0, 0.1) is 5.92 Å². The van der Waals surface area contributed by atoms with Gasteiger partial charge in [0.05, 0.1) is 12.6 Å². The van der Waals surface area contributed by atoms with E-state index in [1.165, 1.54) is 4.90 Å². The number of carbonyl (C=O) groups is 3.